The van der Waals surface area contributed by atoms with Gasteiger partial charge in [-0.2, -0.15) is 0 Å². The van der Waals surface area contributed by atoms with E-state index in [-0.39, 0.29) is 5.82 Å². The number of rotatable bonds is 2. The van der Waals surface area contributed by atoms with Gasteiger partial charge < -0.3 is 15.0 Å². The Balaban J connectivity index is 1.59. The van der Waals surface area contributed by atoms with Crippen LogP contribution < -0.4 is 5.32 Å². The molecule has 0 aliphatic carbocycles. The largest absolute Gasteiger partial charge is 0.381 e. The molecule has 0 saturated carbocycles. The molecule has 4 nitrogen and oxygen atoms in total. The first-order valence-electron chi connectivity index (χ1n) is 7.59. The summed E-state index contributed by atoms with van der Waals surface area (Å²) in [7, 11) is 1.79. The highest BCUT2D eigenvalue weighted by Gasteiger charge is 2.42. The van der Waals surface area contributed by atoms with Crippen LogP contribution in [-0.4, -0.2) is 44.2 Å². The lowest BCUT2D eigenvalue weighted by Crippen LogP contribution is -2.41. The molecule has 1 aromatic carbocycles. The SMILES string of the molecule is CN=C(NCc1ccc(Br)c(F)c1)N1CCC2(CCOC2)C1. The van der Waals surface area contributed by atoms with Crippen LogP contribution in [0.25, 0.3) is 0 Å². The van der Waals surface area contributed by atoms with E-state index in [1.165, 1.54) is 0 Å². The number of ether oxygens (including phenoxy) is 1. The van der Waals surface area contributed by atoms with Crippen LogP contribution in [0.15, 0.2) is 27.7 Å². The molecule has 2 aliphatic rings. The van der Waals surface area contributed by atoms with E-state index >= 15 is 0 Å². The summed E-state index contributed by atoms with van der Waals surface area (Å²) < 4.78 is 19.6. The van der Waals surface area contributed by atoms with Crippen LogP contribution in [0.5, 0.6) is 0 Å². The zero-order valence-electron chi connectivity index (χ0n) is 12.7. The maximum absolute atomic E-state index is 13.6. The van der Waals surface area contributed by atoms with Gasteiger partial charge in [-0.1, -0.05) is 6.07 Å². The Kier molecular flexibility index (Phi) is 4.68. The Morgan fingerprint density at radius 3 is 3.05 bits per heavy atom. The predicted molar refractivity (Wildman–Crippen MR) is 88.4 cm³/mol. The van der Waals surface area contributed by atoms with Crippen molar-refractivity contribution in [1.29, 1.82) is 0 Å². The van der Waals surface area contributed by atoms with Crippen molar-refractivity contribution in [3.63, 3.8) is 0 Å². The van der Waals surface area contributed by atoms with E-state index in [1.807, 2.05) is 6.07 Å². The van der Waals surface area contributed by atoms with E-state index in [2.05, 4.69) is 31.1 Å². The molecule has 1 atom stereocenters. The fourth-order valence-corrected chi connectivity index (χ4v) is 3.50. The molecule has 2 aliphatic heterocycles. The van der Waals surface area contributed by atoms with Crippen LogP contribution in [0.4, 0.5) is 4.39 Å². The summed E-state index contributed by atoms with van der Waals surface area (Å²) in [5.41, 5.74) is 1.21. The van der Waals surface area contributed by atoms with Crippen molar-refractivity contribution in [1.82, 2.24) is 10.2 Å². The highest BCUT2D eigenvalue weighted by molar-refractivity contribution is 9.10. The number of hydrogen-bond acceptors (Lipinski definition) is 2. The molecule has 0 aromatic heterocycles. The molecular weight excluding hydrogens is 349 g/mol. The first kappa shape index (κ1) is 15.7. The van der Waals surface area contributed by atoms with E-state index in [0.29, 0.717) is 16.4 Å². The van der Waals surface area contributed by atoms with E-state index in [1.54, 1.807) is 19.2 Å². The van der Waals surface area contributed by atoms with Gasteiger partial charge in [-0.15, -0.1) is 0 Å². The quantitative estimate of drug-likeness (QED) is 0.643. The standard InChI is InChI=1S/C16H21BrFN3O/c1-19-15(20-9-12-2-3-13(17)14(18)8-12)21-6-4-16(10-21)5-7-22-11-16/h2-3,8H,4-7,9-11H2,1H3,(H,19,20). The summed E-state index contributed by atoms with van der Waals surface area (Å²) in [6, 6.07) is 5.18. The zero-order chi connectivity index (χ0) is 15.6. The lowest BCUT2D eigenvalue weighted by molar-refractivity contribution is 0.156. The average molecular weight is 370 g/mol. The van der Waals surface area contributed by atoms with E-state index in [9.17, 15) is 4.39 Å². The monoisotopic (exact) mass is 369 g/mol. The van der Waals surface area contributed by atoms with Gasteiger partial charge in [-0.3, -0.25) is 4.99 Å². The second-order valence-electron chi connectivity index (χ2n) is 6.12. The third-order valence-electron chi connectivity index (χ3n) is 4.57. The third kappa shape index (κ3) is 3.27. The highest BCUT2D eigenvalue weighted by Crippen LogP contribution is 2.38. The van der Waals surface area contributed by atoms with Crippen molar-refractivity contribution in [2.45, 2.75) is 19.4 Å². The number of halogens is 2. The minimum absolute atomic E-state index is 0.238. The second-order valence-corrected chi connectivity index (χ2v) is 6.98. The fourth-order valence-electron chi connectivity index (χ4n) is 3.25. The molecule has 22 heavy (non-hydrogen) atoms. The first-order chi connectivity index (χ1) is 10.6. The normalized spacial score (nSPS) is 25.2. The molecule has 0 bridgehead atoms. The van der Waals surface area contributed by atoms with E-state index in [4.69, 9.17) is 4.74 Å². The Hall–Kier alpha value is -1.14. The molecule has 1 aromatic rings. The molecule has 2 heterocycles. The van der Waals surface area contributed by atoms with Crippen molar-refractivity contribution in [2.75, 3.05) is 33.4 Å². The molecule has 2 fully saturated rings. The second kappa shape index (κ2) is 6.54. The third-order valence-corrected chi connectivity index (χ3v) is 5.21. The summed E-state index contributed by atoms with van der Waals surface area (Å²) in [6.45, 7) is 4.28. The van der Waals surface area contributed by atoms with Gasteiger partial charge in [0.1, 0.15) is 5.82 Å². The van der Waals surface area contributed by atoms with Crippen LogP contribution in [-0.2, 0) is 11.3 Å². The van der Waals surface area contributed by atoms with Crippen molar-refractivity contribution < 1.29 is 9.13 Å². The molecule has 0 amide bonds. The van der Waals surface area contributed by atoms with E-state index < -0.39 is 0 Å². The predicted octanol–water partition coefficient (Wildman–Crippen LogP) is 2.78. The fraction of sp³-hybridized carbons (Fsp3) is 0.562. The maximum atomic E-state index is 13.6. The van der Waals surface area contributed by atoms with Crippen molar-refractivity contribution in [3.05, 3.63) is 34.1 Å². The Morgan fingerprint density at radius 2 is 2.36 bits per heavy atom. The van der Waals surface area contributed by atoms with Crippen molar-refractivity contribution in [2.24, 2.45) is 10.4 Å². The number of benzene rings is 1. The summed E-state index contributed by atoms with van der Waals surface area (Å²) >= 11 is 3.17. The first-order valence-corrected chi connectivity index (χ1v) is 8.38. The molecule has 120 valence electrons. The summed E-state index contributed by atoms with van der Waals surface area (Å²) in [5, 5.41) is 3.33. The van der Waals surface area contributed by atoms with Gasteiger partial charge >= 0.3 is 0 Å². The van der Waals surface area contributed by atoms with Gasteiger partial charge in [0, 0.05) is 38.7 Å². The van der Waals surface area contributed by atoms with Gasteiger partial charge in [-0.05, 0) is 46.5 Å². The molecule has 6 heteroatoms. The van der Waals surface area contributed by atoms with Crippen LogP contribution in [0.1, 0.15) is 18.4 Å². The average Bonchev–Trinajstić information content (AvgIpc) is 3.14. The Labute approximate surface area is 138 Å². The molecular formula is C16H21BrFN3O. The minimum Gasteiger partial charge on any atom is -0.381 e. The molecule has 3 rings (SSSR count). The Morgan fingerprint density at radius 1 is 1.50 bits per heavy atom. The van der Waals surface area contributed by atoms with Gasteiger partial charge in [-0.25, -0.2) is 4.39 Å². The minimum atomic E-state index is -0.238. The van der Waals surface area contributed by atoms with Gasteiger partial charge in [0.2, 0.25) is 0 Å². The summed E-state index contributed by atoms with van der Waals surface area (Å²) in [6.07, 6.45) is 2.29. The maximum Gasteiger partial charge on any atom is 0.193 e. The highest BCUT2D eigenvalue weighted by atomic mass is 79.9. The molecule has 1 spiro atoms. The summed E-state index contributed by atoms with van der Waals surface area (Å²) in [4.78, 5) is 6.65. The van der Waals surface area contributed by atoms with Gasteiger partial charge in [0.25, 0.3) is 0 Å². The van der Waals surface area contributed by atoms with Crippen molar-refractivity contribution in [3.8, 4) is 0 Å². The molecule has 1 N–H and O–H groups in total. The van der Waals surface area contributed by atoms with Crippen LogP contribution in [0, 0.1) is 11.2 Å². The number of aliphatic imine (C=N–C) groups is 1. The van der Waals surface area contributed by atoms with Crippen LogP contribution in [0.2, 0.25) is 0 Å². The Bertz CT molecular complexity index is 573. The van der Waals surface area contributed by atoms with Crippen LogP contribution >= 0.6 is 15.9 Å². The number of hydrogen-bond donors (Lipinski definition) is 1. The van der Waals surface area contributed by atoms with Gasteiger partial charge in [0.15, 0.2) is 5.96 Å². The van der Waals surface area contributed by atoms with Crippen molar-refractivity contribution >= 4 is 21.9 Å². The molecule has 2 saturated heterocycles. The number of nitrogens with one attached hydrogen (secondary N) is 1. The van der Waals surface area contributed by atoms with E-state index in [0.717, 1.165) is 50.7 Å². The number of nitrogens with zero attached hydrogens (tertiary/aromatic N) is 2. The number of guanidine groups is 1. The van der Waals surface area contributed by atoms with Crippen LogP contribution in [0.3, 0.4) is 0 Å². The van der Waals surface area contributed by atoms with Gasteiger partial charge in [0.05, 0.1) is 11.1 Å². The lowest BCUT2D eigenvalue weighted by atomic mass is 9.87. The number of likely N-dealkylation sites (tertiary alicyclic amines) is 1. The molecule has 1 unspecified atom stereocenters. The zero-order valence-corrected chi connectivity index (χ0v) is 14.3. The molecule has 0 radical (unpaired) electrons. The smallest absolute Gasteiger partial charge is 0.193 e. The topological polar surface area (TPSA) is 36.9 Å². The summed E-state index contributed by atoms with van der Waals surface area (Å²) in [5.74, 6) is 0.643. The lowest BCUT2D eigenvalue weighted by Gasteiger charge is -2.25.